The van der Waals surface area contributed by atoms with Gasteiger partial charge < -0.3 is 0 Å². The minimum absolute atomic E-state index is 0.234. The molecule has 3 N–H and O–H groups in total. The molecule has 5 heteroatoms. The molecule has 0 amide bonds. The maximum atomic E-state index is 13.5. The lowest BCUT2D eigenvalue weighted by molar-refractivity contribution is 0.542. The number of hydrazine groups is 1. The SMILES string of the molecule is Cc1cc(F)cc(C(Cc2ccc(F)c(Br)c2)NN)c1. The molecule has 0 saturated carbocycles. The van der Waals surface area contributed by atoms with Crippen molar-refractivity contribution >= 4 is 15.9 Å². The van der Waals surface area contributed by atoms with Gasteiger partial charge in [-0.2, -0.15) is 0 Å². The van der Waals surface area contributed by atoms with Crippen LogP contribution in [0.1, 0.15) is 22.7 Å². The maximum Gasteiger partial charge on any atom is 0.137 e. The molecule has 2 rings (SSSR count). The van der Waals surface area contributed by atoms with Crippen molar-refractivity contribution in [3.05, 3.63) is 69.2 Å². The van der Waals surface area contributed by atoms with Crippen molar-refractivity contribution in [3.8, 4) is 0 Å². The molecule has 2 aromatic carbocycles. The van der Waals surface area contributed by atoms with Crippen LogP contribution in [0.2, 0.25) is 0 Å². The molecule has 0 aliphatic rings. The van der Waals surface area contributed by atoms with E-state index in [9.17, 15) is 8.78 Å². The molecule has 2 nitrogen and oxygen atoms in total. The summed E-state index contributed by atoms with van der Waals surface area (Å²) in [5.41, 5.74) is 5.19. The zero-order chi connectivity index (χ0) is 14.7. The van der Waals surface area contributed by atoms with Crippen molar-refractivity contribution < 1.29 is 8.78 Å². The highest BCUT2D eigenvalue weighted by Gasteiger charge is 2.13. The van der Waals surface area contributed by atoms with Crippen LogP contribution in [0.4, 0.5) is 8.78 Å². The number of hydrogen-bond acceptors (Lipinski definition) is 2. The average Bonchev–Trinajstić information content (AvgIpc) is 2.38. The van der Waals surface area contributed by atoms with Crippen LogP contribution in [0.3, 0.4) is 0 Å². The van der Waals surface area contributed by atoms with Crippen LogP contribution in [-0.4, -0.2) is 0 Å². The van der Waals surface area contributed by atoms with E-state index in [1.54, 1.807) is 12.1 Å². The van der Waals surface area contributed by atoms with Crippen molar-refractivity contribution in [3.63, 3.8) is 0 Å². The number of rotatable bonds is 4. The molecule has 1 unspecified atom stereocenters. The summed E-state index contributed by atoms with van der Waals surface area (Å²) in [7, 11) is 0. The first-order valence-corrected chi connectivity index (χ1v) is 6.96. The third kappa shape index (κ3) is 3.62. The second-order valence-electron chi connectivity index (χ2n) is 4.73. The van der Waals surface area contributed by atoms with E-state index in [1.165, 1.54) is 18.2 Å². The summed E-state index contributed by atoms with van der Waals surface area (Å²) in [6.07, 6.45) is 0.540. The van der Waals surface area contributed by atoms with Gasteiger partial charge in [0.1, 0.15) is 11.6 Å². The van der Waals surface area contributed by atoms with Crippen LogP contribution < -0.4 is 11.3 Å². The highest BCUT2D eigenvalue weighted by molar-refractivity contribution is 9.10. The molecule has 0 aliphatic carbocycles. The van der Waals surface area contributed by atoms with E-state index < -0.39 is 0 Å². The van der Waals surface area contributed by atoms with Crippen LogP contribution in [0.5, 0.6) is 0 Å². The maximum absolute atomic E-state index is 13.5. The summed E-state index contributed by atoms with van der Waals surface area (Å²) < 4.78 is 27.1. The zero-order valence-electron chi connectivity index (χ0n) is 11.0. The van der Waals surface area contributed by atoms with E-state index in [0.29, 0.717) is 10.9 Å². The Labute approximate surface area is 125 Å². The summed E-state index contributed by atoms with van der Waals surface area (Å²) in [5.74, 6) is 4.96. The van der Waals surface area contributed by atoms with Crippen LogP contribution in [0, 0.1) is 18.6 Å². The molecule has 0 heterocycles. The van der Waals surface area contributed by atoms with Gasteiger partial charge in [-0.25, -0.2) is 8.78 Å². The largest absolute Gasteiger partial charge is 0.271 e. The normalized spacial score (nSPS) is 12.4. The number of nitrogens with two attached hydrogens (primary N) is 1. The topological polar surface area (TPSA) is 38.0 Å². The Bertz CT molecular complexity index is 597. The third-order valence-corrected chi connectivity index (χ3v) is 3.70. The second-order valence-corrected chi connectivity index (χ2v) is 5.59. The molecule has 0 bridgehead atoms. The van der Waals surface area contributed by atoms with Crippen molar-refractivity contribution in [2.45, 2.75) is 19.4 Å². The number of hydrogen-bond donors (Lipinski definition) is 2. The summed E-state index contributed by atoms with van der Waals surface area (Å²) >= 11 is 3.15. The molecule has 106 valence electrons. The molecule has 0 fully saturated rings. The van der Waals surface area contributed by atoms with Gasteiger partial charge in [0.05, 0.1) is 10.5 Å². The minimum atomic E-state index is -0.312. The predicted octanol–water partition coefficient (Wildman–Crippen LogP) is 3.78. The molecule has 20 heavy (non-hydrogen) atoms. The number of benzene rings is 2. The highest BCUT2D eigenvalue weighted by atomic mass is 79.9. The fourth-order valence-corrected chi connectivity index (χ4v) is 2.57. The second kappa shape index (κ2) is 6.43. The molecular weight excluding hydrogens is 326 g/mol. The van der Waals surface area contributed by atoms with E-state index in [-0.39, 0.29) is 17.7 Å². The molecule has 2 aromatic rings. The quantitative estimate of drug-likeness (QED) is 0.656. The zero-order valence-corrected chi connectivity index (χ0v) is 12.5. The van der Waals surface area contributed by atoms with Gasteiger partial charge in [0.15, 0.2) is 0 Å². The Balaban J connectivity index is 2.26. The Morgan fingerprint density at radius 1 is 1.20 bits per heavy atom. The van der Waals surface area contributed by atoms with E-state index in [0.717, 1.165) is 16.7 Å². The molecule has 0 radical (unpaired) electrons. The first-order chi connectivity index (χ1) is 9.49. The first-order valence-electron chi connectivity index (χ1n) is 6.16. The molecule has 1 atom stereocenters. The van der Waals surface area contributed by atoms with Gasteiger partial charge in [0, 0.05) is 0 Å². The number of nitrogens with one attached hydrogen (secondary N) is 1. The summed E-state index contributed by atoms with van der Waals surface area (Å²) in [6.45, 7) is 1.83. The average molecular weight is 341 g/mol. The number of aryl methyl sites for hydroxylation is 1. The van der Waals surface area contributed by atoms with E-state index in [2.05, 4.69) is 21.4 Å². The van der Waals surface area contributed by atoms with Crippen LogP contribution in [0.25, 0.3) is 0 Å². The molecule has 0 aromatic heterocycles. The molecule has 0 aliphatic heterocycles. The fourth-order valence-electron chi connectivity index (χ4n) is 2.14. The predicted molar refractivity (Wildman–Crippen MR) is 79.0 cm³/mol. The van der Waals surface area contributed by atoms with Crippen molar-refractivity contribution in [1.82, 2.24) is 5.43 Å². The first kappa shape index (κ1) is 15.1. The Morgan fingerprint density at radius 2 is 1.95 bits per heavy atom. The Hall–Kier alpha value is -1.30. The van der Waals surface area contributed by atoms with Crippen LogP contribution in [0.15, 0.2) is 40.9 Å². The standard InChI is InChI=1S/C15H15BrF2N2/c1-9-4-11(8-12(17)5-9)15(20-19)7-10-2-3-14(18)13(16)6-10/h2-6,8,15,20H,7,19H2,1H3. The summed E-state index contributed by atoms with van der Waals surface area (Å²) in [4.78, 5) is 0. The van der Waals surface area contributed by atoms with Gasteiger partial charge in [-0.15, -0.1) is 0 Å². The fraction of sp³-hybridized carbons (Fsp3) is 0.200. The van der Waals surface area contributed by atoms with Gasteiger partial charge in [-0.1, -0.05) is 12.1 Å². The van der Waals surface area contributed by atoms with E-state index >= 15 is 0 Å². The molecular formula is C15H15BrF2N2. The lowest BCUT2D eigenvalue weighted by atomic mass is 9.98. The lowest BCUT2D eigenvalue weighted by Gasteiger charge is -2.17. The number of halogens is 3. The lowest BCUT2D eigenvalue weighted by Crippen LogP contribution is -2.29. The highest BCUT2D eigenvalue weighted by Crippen LogP contribution is 2.23. The van der Waals surface area contributed by atoms with Gasteiger partial charge in [0.2, 0.25) is 0 Å². The summed E-state index contributed by atoms with van der Waals surface area (Å²) in [6, 6.07) is 9.35. The van der Waals surface area contributed by atoms with Crippen molar-refractivity contribution in [1.29, 1.82) is 0 Å². The monoisotopic (exact) mass is 340 g/mol. The van der Waals surface area contributed by atoms with Gasteiger partial charge in [-0.05, 0) is 70.2 Å². The molecule has 0 spiro atoms. The smallest absolute Gasteiger partial charge is 0.137 e. The van der Waals surface area contributed by atoms with Gasteiger partial charge in [0.25, 0.3) is 0 Å². The van der Waals surface area contributed by atoms with Crippen LogP contribution >= 0.6 is 15.9 Å². The van der Waals surface area contributed by atoms with Crippen molar-refractivity contribution in [2.24, 2.45) is 5.84 Å². The van der Waals surface area contributed by atoms with Crippen molar-refractivity contribution in [2.75, 3.05) is 0 Å². The van der Waals surface area contributed by atoms with E-state index in [4.69, 9.17) is 5.84 Å². The molecule has 0 saturated heterocycles. The van der Waals surface area contributed by atoms with Gasteiger partial charge >= 0.3 is 0 Å². The van der Waals surface area contributed by atoms with Crippen LogP contribution in [-0.2, 0) is 6.42 Å². The van der Waals surface area contributed by atoms with Gasteiger partial charge in [-0.3, -0.25) is 11.3 Å². The summed E-state index contributed by atoms with van der Waals surface area (Å²) in [5, 5.41) is 0. The Kier molecular flexibility index (Phi) is 4.86. The Morgan fingerprint density at radius 3 is 2.55 bits per heavy atom. The third-order valence-electron chi connectivity index (χ3n) is 3.09. The minimum Gasteiger partial charge on any atom is -0.271 e. The van der Waals surface area contributed by atoms with E-state index in [1.807, 2.05) is 13.0 Å².